The molecule has 7 heteroatoms. The average Bonchev–Trinajstić information content (AvgIpc) is 2.83. The molecule has 1 saturated heterocycles. The highest BCUT2D eigenvalue weighted by Gasteiger charge is 2.26. The maximum absolute atomic E-state index is 16.3. The van der Waals surface area contributed by atoms with E-state index in [0.717, 1.165) is 25.9 Å². The Labute approximate surface area is 202 Å². The van der Waals surface area contributed by atoms with Gasteiger partial charge in [-0.15, -0.1) is 6.42 Å². The van der Waals surface area contributed by atoms with Gasteiger partial charge in [0, 0.05) is 35.0 Å². The maximum atomic E-state index is 16.3. The number of phenols is 1. The fourth-order valence-corrected chi connectivity index (χ4v) is 5.14. The molecule has 0 radical (unpaired) electrons. The number of phenolic OH excluding ortho intramolecular Hbond substituents is 1. The number of fused-ring (bicyclic) bond motifs is 2. The molecule has 0 saturated carbocycles. The Kier molecular flexibility index (Phi) is 5.66. The molecule has 2 heterocycles. The molecule has 3 aromatic carbocycles. The van der Waals surface area contributed by atoms with Crippen LogP contribution in [0.4, 0.5) is 10.2 Å². The molecule has 1 aliphatic rings. The minimum Gasteiger partial charge on any atom is -0.508 e. The van der Waals surface area contributed by atoms with Gasteiger partial charge in [0.1, 0.15) is 17.1 Å². The molecular formula is C27H23ClFN3O2. The highest BCUT2D eigenvalue weighted by molar-refractivity contribution is 6.35. The van der Waals surface area contributed by atoms with Gasteiger partial charge in [-0.05, 0) is 54.0 Å². The summed E-state index contributed by atoms with van der Waals surface area (Å²) in [6.45, 7) is 3.80. The number of aromatic hydroxyl groups is 1. The van der Waals surface area contributed by atoms with Crippen LogP contribution in [-0.2, 0) is 0 Å². The standard InChI is InChI=1S/C27H23ClFN3O2/c1-4-16-8-5-9-17-11-18(33)12-19(22(16)17)23-21(28)13-20-25(24(23)29)30-27(34-3)31-26(20)32-10-6-7-15(2)14-32/h1,5,8-9,11-13,15,33H,6-7,10,14H2,2-3H3. The van der Waals surface area contributed by atoms with Gasteiger partial charge in [-0.25, -0.2) is 4.39 Å². The van der Waals surface area contributed by atoms with Crippen LogP contribution < -0.4 is 9.64 Å². The number of terminal acetylenes is 1. The lowest BCUT2D eigenvalue weighted by molar-refractivity contribution is 0.379. The van der Waals surface area contributed by atoms with E-state index in [4.69, 9.17) is 22.8 Å². The Hall–Kier alpha value is -3.56. The van der Waals surface area contributed by atoms with Crippen molar-refractivity contribution in [3.63, 3.8) is 0 Å². The predicted molar refractivity (Wildman–Crippen MR) is 134 cm³/mol. The zero-order valence-corrected chi connectivity index (χ0v) is 19.7. The van der Waals surface area contributed by atoms with Crippen molar-refractivity contribution in [1.82, 2.24) is 9.97 Å². The molecule has 0 aliphatic carbocycles. The summed E-state index contributed by atoms with van der Waals surface area (Å²) in [5.74, 6) is 3.11. The predicted octanol–water partition coefficient (Wildman–Crippen LogP) is 6.17. The molecule has 1 aliphatic heterocycles. The van der Waals surface area contributed by atoms with E-state index in [1.807, 2.05) is 6.07 Å². The highest BCUT2D eigenvalue weighted by Crippen LogP contribution is 2.43. The van der Waals surface area contributed by atoms with Crippen LogP contribution in [0.15, 0.2) is 36.4 Å². The number of hydrogen-bond donors (Lipinski definition) is 1. The lowest BCUT2D eigenvalue weighted by Gasteiger charge is -2.32. The summed E-state index contributed by atoms with van der Waals surface area (Å²) >= 11 is 6.73. The summed E-state index contributed by atoms with van der Waals surface area (Å²) in [6, 6.07) is 10.2. The molecule has 0 bridgehead atoms. The highest BCUT2D eigenvalue weighted by atomic mass is 35.5. The lowest BCUT2D eigenvalue weighted by atomic mass is 9.93. The van der Waals surface area contributed by atoms with Crippen LogP contribution in [0.3, 0.4) is 0 Å². The molecule has 1 N–H and O–H groups in total. The van der Waals surface area contributed by atoms with E-state index in [9.17, 15) is 5.11 Å². The number of anilines is 1. The van der Waals surface area contributed by atoms with Gasteiger partial charge in [-0.1, -0.05) is 36.6 Å². The molecule has 5 nitrogen and oxygen atoms in total. The molecule has 172 valence electrons. The number of hydrogen-bond acceptors (Lipinski definition) is 5. The second-order valence-electron chi connectivity index (χ2n) is 8.71. The van der Waals surface area contributed by atoms with Gasteiger partial charge in [-0.2, -0.15) is 9.97 Å². The van der Waals surface area contributed by atoms with Crippen molar-refractivity contribution in [2.24, 2.45) is 5.92 Å². The van der Waals surface area contributed by atoms with Crippen LogP contribution in [0.5, 0.6) is 11.8 Å². The summed E-state index contributed by atoms with van der Waals surface area (Å²) in [7, 11) is 1.46. The Morgan fingerprint density at radius 3 is 2.82 bits per heavy atom. The fourth-order valence-electron chi connectivity index (χ4n) is 4.85. The number of methoxy groups -OCH3 is 1. The monoisotopic (exact) mass is 475 g/mol. The first kappa shape index (κ1) is 22.2. The summed E-state index contributed by atoms with van der Waals surface area (Å²) in [5.41, 5.74) is 1.20. The third kappa shape index (κ3) is 3.66. The normalized spacial score (nSPS) is 16.1. The van der Waals surface area contributed by atoms with Crippen LogP contribution in [0, 0.1) is 24.1 Å². The van der Waals surface area contributed by atoms with Gasteiger partial charge >= 0.3 is 6.01 Å². The number of piperidine rings is 1. The van der Waals surface area contributed by atoms with Gasteiger partial charge in [0.2, 0.25) is 0 Å². The van der Waals surface area contributed by atoms with Crippen LogP contribution in [0.1, 0.15) is 25.3 Å². The third-order valence-corrected chi connectivity index (χ3v) is 6.67. The second kappa shape index (κ2) is 8.66. The SMILES string of the molecule is C#Cc1cccc2cc(O)cc(-c3c(Cl)cc4c(N5CCCC(C)C5)nc(OC)nc4c3F)c12. The van der Waals surface area contributed by atoms with Crippen LogP contribution in [0.25, 0.3) is 32.8 Å². The van der Waals surface area contributed by atoms with Crippen molar-refractivity contribution in [2.75, 3.05) is 25.1 Å². The van der Waals surface area contributed by atoms with E-state index in [2.05, 4.69) is 27.7 Å². The first-order valence-corrected chi connectivity index (χ1v) is 11.5. The third-order valence-electron chi connectivity index (χ3n) is 6.37. The number of rotatable bonds is 3. The Morgan fingerprint density at radius 2 is 2.09 bits per heavy atom. The maximum Gasteiger partial charge on any atom is 0.318 e. The van der Waals surface area contributed by atoms with E-state index < -0.39 is 5.82 Å². The van der Waals surface area contributed by atoms with E-state index in [0.29, 0.717) is 39.0 Å². The molecule has 0 amide bonds. The van der Waals surface area contributed by atoms with Crippen molar-refractivity contribution in [3.05, 3.63) is 52.8 Å². The van der Waals surface area contributed by atoms with Crippen LogP contribution in [0.2, 0.25) is 5.02 Å². The van der Waals surface area contributed by atoms with Crippen molar-refractivity contribution in [3.8, 4) is 35.2 Å². The van der Waals surface area contributed by atoms with Crippen molar-refractivity contribution < 1.29 is 14.2 Å². The van der Waals surface area contributed by atoms with Gasteiger partial charge < -0.3 is 14.7 Å². The van der Waals surface area contributed by atoms with Crippen molar-refractivity contribution in [2.45, 2.75) is 19.8 Å². The first-order chi connectivity index (χ1) is 16.4. The fraction of sp³-hybridized carbons (Fsp3) is 0.259. The molecule has 0 spiro atoms. The molecule has 34 heavy (non-hydrogen) atoms. The topological polar surface area (TPSA) is 58.5 Å². The molecule has 4 aromatic rings. The lowest BCUT2D eigenvalue weighted by Crippen LogP contribution is -2.35. The number of halogens is 2. The van der Waals surface area contributed by atoms with Crippen LogP contribution >= 0.6 is 11.6 Å². The number of ether oxygens (including phenoxy) is 1. The Bertz CT molecular complexity index is 1480. The average molecular weight is 476 g/mol. The van der Waals surface area contributed by atoms with Crippen LogP contribution in [-0.4, -0.2) is 35.3 Å². The molecule has 5 rings (SSSR count). The van der Waals surface area contributed by atoms with Gasteiger partial charge in [0.05, 0.1) is 12.1 Å². The quantitative estimate of drug-likeness (QED) is 0.359. The van der Waals surface area contributed by atoms with Gasteiger partial charge in [-0.3, -0.25) is 0 Å². The smallest absolute Gasteiger partial charge is 0.318 e. The van der Waals surface area contributed by atoms with Crippen molar-refractivity contribution in [1.29, 1.82) is 0 Å². The molecule has 1 atom stereocenters. The zero-order chi connectivity index (χ0) is 24.0. The van der Waals surface area contributed by atoms with Gasteiger partial charge in [0.15, 0.2) is 5.82 Å². The molecule has 1 aromatic heterocycles. The van der Waals surface area contributed by atoms with E-state index in [1.165, 1.54) is 13.2 Å². The zero-order valence-electron chi connectivity index (χ0n) is 18.9. The number of aromatic nitrogens is 2. The summed E-state index contributed by atoms with van der Waals surface area (Å²) in [5, 5.41) is 12.4. The first-order valence-electron chi connectivity index (χ1n) is 11.1. The second-order valence-corrected chi connectivity index (χ2v) is 9.12. The largest absolute Gasteiger partial charge is 0.508 e. The summed E-state index contributed by atoms with van der Waals surface area (Å²) < 4.78 is 21.6. The number of benzene rings is 3. The van der Waals surface area contributed by atoms with Crippen molar-refractivity contribution >= 4 is 39.1 Å². The van der Waals surface area contributed by atoms with Gasteiger partial charge in [0.25, 0.3) is 0 Å². The van der Waals surface area contributed by atoms with E-state index >= 15 is 4.39 Å². The van der Waals surface area contributed by atoms with E-state index in [-0.39, 0.29) is 27.9 Å². The summed E-state index contributed by atoms with van der Waals surface area (Å²) in [4.78, 5) is 11.0. The molecule has 1 unspecified atom stereocenters. The molecular weight excluding hydrogens is 453 g/mol. The summed E-state index contributed by atoms with van der Waals surface area (Å²) in [6.07, 6.45) is 7.90. The minimum absolute atomic E-state index is 0.0181. The molecule has 1 fully saturated rings. The number of nitrogens with zero attached hydrogens (tertiary/aromatic N) is 3. The Morgan fingerprint density at radius 1 is 1.26 bits per heavy atom. The Balaban J connectivity index is 1.83. The van der Waals surface area contributed by atoms with E-state index in [1.54, 1.807) is 24.3 Å². The minimum atomic E-state index is -0.617.